The molecule has 1 aromatic heterocycles. The molecule has 5 nitrogen and oxygen atoms in total. The van der Waals surface area contributed by atoms with Gasteiger partial charge in [0, 0.05) is 38.8 Å². The number of rotatable bonds is 7. The molecule has 2 aromatic rings. The lowest BCUT2D eigenvalue weighted by Gasteiger charge is -2.19. The van der Waals surface area contributed by atoms with Gasteiger partial charge in [-0.3, -0.25) is 0 Å². The standard InChI is InChI=1S/C21H28FN5.HI/c1-4-23-20(25-14-16-8-11-24-19(12-16)27(2)3)26-15-21(9-10-21)17-6-5-7-18(22)13-17;/h5-8,11-13H,4,9-10,14-15H2,1-3H3,(H2,23,25,26);1H. The minimum absolute atomic E-state index is 0. The first-order valence-corrected chi connectivity index (χ1v) is 9.43. The molecule has 3 rings (SSSR count). The first-order chi connectivity index (χ1) is 13.0. The van der Waals surface area contributed by atoms with Crippen molar-refractivity contribution in [3.8, 4) is 0 Å². The van der Waals surface area contributed by atoms with Gasteiger partial charge in [-0.2, -0.15) is 0 Å². The van der Waals surface area contributed by atoms with Crippen LogP contribution < -0.4 is 15.5 Å². The normalized spacial score (nSPS) is 14.8. The maximum Gasteiger partial charge on any atom is 0.191 e. The van der Waals surface area contributed by atoms with Gasteiger partial charge in [0.25, 0.3) is 0 Å². The molecule has 28 heavy (non-hydrogen) atoms. The van der Waals surface area contributed by atoms with Crippen molar-refractivity contribution >= 4 is 35.8 Å². The zero-order valence-electron chi connectivity index (χ0n) is 16.7. The molecule has 1 aliphatic carbocycles. The summed E-state index contributed by atoms with van der Waals surface area (Å²) in [4.78, 5) is 11.0. The number of halogens is 2. The van der Waals surface area contributed by atoms with Crippen molar-refractivity contribution in [2.75, 3.05) is 32.1 Å². The maximum atomic E-state index is 13.6. The van der Waals surface area contributed by atoms with E-state index in [1.54, 1.807) is 12.1 Å². The van der Waals surface area contributed by atoms with Crippen LogP contribution in [0.15, 0.2) is 47.6 Å². The van der Waals surface area contributed by atoms with Gasteiger partial charge >= 0.3 is 0 Å². The highest BCUT2D eigenvalue weighted by Crippen LogP contribution is 2.47. The molecule has 0 spiro atoms. The Morgan fingerprint density at radius 2 is 2.00 bits per heavy atom. The molecule has 0 atom stereocenters. The van der Waals surface area contributed by atoms with Gasteiger partial charge < -0.3 is 15.5 Å². The zero-order chi connectivity index (χ0) is 19.3. The first kappa shape index (κ1) is 22.4. The Labute approximate surface area is 183 Å². The lowest BCUT2D eigenvalue weighted by molar-refractivity contribution is 0.607. The number of nitrogens with one attached hydrogen (secondary N) is 2. The molecule has 0 saturated heterocycles. The Bertz CT molecular complexity index is 805. The Hall–Kier alpha value is -1.90. The number of guanidine groups is 1. The minimum Gasteiger partial charge on any atom is -0.363 e. The second-order valence-electron chi connectivity index (χ2n) is 7.26. The SMILES string of the molecule is CCNC(=NCc1ccnc(N(C)C)c1)NCC1(c2cccc(F)c2)CC1.I. The molecule has 0 unspecified atom stereocenters. The lowest BCUT2D eigenvalue weighted by atomic mass is 9.96. The lowest BCUT2D eigenvalue weighted by Crippen LogP contribution is -2.41. The van der Waals surface area contributed by atoms with Gasteiger partial charge in [0.1, 0.15) is 11.6 Å². The van der Waals surface area contributed by atoms with E-state index in [1.165, 1.54) is 6.07 Å². The third-order valence-electron chi connectivity index (χ3n) is 4.92. The average Bonchev–Trinajstić information content (AvgIpc) is 3.45. The van der Waals surface area contributed by atoms with E-state index in [9.17, 15) is 4.39 Å². The van der Waals surface area contributed by atoms with Crippen molar-refractivity contribution in [2.24, 2.45) is 4.99 Å². The fourth-order valence-corrected chi connectivity index (χ4v) is 3.11. The van der Waals surface area contributed by atoms with Crippen LogP contribution in [-0.2, 0) is 12.0 Å². The van der Waals surface area contributed by atoms with E-state index in [2.05, 4.69) is 15.6 Å². The summed E-state index contributed by atoms with van der Waals surface area (Å²) >= 11 is 0. The summed E-state index contributed by atoms with van der Waals surface area (Å²) in [6, 6.07) is 11.0. The average molecular weight is 497 g/mol. The Morgan fingerprint density at radius 3 is 2.64 bits per heavy atom. The van der Waals surface area contributed by atoms with E-state index in [0.29, 0.717) is 6.54 Å². The second kappa shape index (κ2) is 10.0. The number of aromatic nitrogens is 1. The molecule has 1 aromatic carbocycles. The minimum atomic E-state index is -0.172. The number of pyridine rings is 1. The van der Waals surface area contributed by atoms with Crippen molar-refractivity contribution < 1.29 is 4.39 Å². The van der Waals surface area contributed by atoms with Crippen LogP contribution in [0.1, 0.15) is 30.9 Å². The summed E-state index contributed by atoms with van der Waals surface area (Å²) in [7, 11) is 3.95. The van der Waals surface area contributed by atoms with Crippen molar-refractivity contribution in [1.29, 1.82) is 0 Å². The highest BCUT2D eigenvalue weighted by molar-refractivity contribution is 14.0. The van der Waals surface area contributed by atoms with Crippen molar-refractivity contribution in [3.05, 3.63) is 59.5 Å². The van der Waals surface area contributed by atoms with Crippen LogP contribution in [0.3, 0.4) is 0 Å². The summed E-state index contributed by atoms with van der Waals surface area (Å²) < 4.78 is 13.6. The zero-order valence-corrected chi connectivity index (χ0v) is 19.0. The number of anilines is 1. The summed E-state index contributed by atoms with van der Waals surface area (Å²) in [5.41, 5.74) is 2.19. The number of nitrogens with zero attached hydrogens (tertiary/aromatic N) is 3. The largest absolute Gasteiger partial charge is 0.363 e. The molecule has 1 saturated carbocycles. The first-order valence-electron chi connectivity index (χ1n) is 9.43. The molecule has 152 valence electrons. The topological polar surface area (TPSA) is 52.6 Å². The molecule has 0 bridgehead atoms. The summed E-state index contributed by atoms with van der Waals surface area (Å²) in [6.07, 6.45) is 3.95. The summed E-state index contributed by atoms with van der Waals surface area (Å²) in [5.74, 6) is 1.53. The van der Waals surface area contributed by atoms with E-state index in [0.717, 1.165) is 48.8 Å². The smallest absolute Gasteiger partial charge is 0.191 e. The van der Waals surface area contributed by atoms with Gasteiger partial charge in [0.2, 0.25) is 0 Å². The van der Waals surface area contributed by atoms with Crippen molar-refractivity contribution in [2.45, 2.75) is 31.7 Å². The van der Waals surface area contributed by atoms with E-state index in [1.807, 2.05) is 50.3 Å². The third kappa shape index (κ3) is 5.80. The number of benzene rings is 1. The molecular formula is C21H29FIN5. The van der Waals surface area contributed by atoms with Crippen LogP contribution in [0.25, 0.3) is 0 Å². The maximum absolute atomic E-state index is 13.6. The molecule has 0 radical (unpaired) electrons. The fraction of sp³-hybridized carbons (Fsp3) is 0.429. The molecule has 0 aliphatic heterocycles. The predicted octanol–water partition coefficient (Wildman–Crippen LogP) is 3.69. The molecular weight excluding hydrogens is 468 g/mol. The van der Waals surface area contributed by atoms with Crippen LogP contribution in [0.2, 0.25) is 0 Å². The van der Waals surface area contributed by atoms with Crippen molar-refractivity contribution in [1.82, 2.24) is 15.6 Å². The predicted molar refractivity (Wildman–Crippen MR) is 124 cm³/mol. The third-order valence-corrected chi connectivity index (χ3v) is 4.92. The Morgan fingerprint density at radius 1 is 1.21 bits per heavy atom. The number of hydrogen-bond acceptors (Lipinski definition) is 3. The van der Waals surface area contributed by atoms with Gasteiger partial charge in [-0.15, -0.1) is 24.0 Å². The molecule has 2 N–H and O–H groups in total. The molecule has 1 fully saturated rings. The van der Waals surface area contributed by atoms with Crippen LogP contribution in [0, 0.1) is 5.82 Å². The van der Waals surface area contributed by atoms with Crippen molar-refractivity contribution in [3.63, 3.8) is 0 Å². The summed E-state index contributed by atoms with van der Waals surface area (Å²) in [6.45, 7) is 4.17. The van der Waals surface area contributed by atoms with Crippen LogP contribution in [0.4, 0.5) is 10.2 Å². The van der Waals surface area contributed by atoms with Crippen LogP contribution >= 0.6 is 24.0 Å². The van der Waals surface area contributed by atoms with Crippen LogP contribution in [-0.4, -0.2) is 38.1 Å². The highest BCUT2D eigenvalue weighted by Gasteiger charge is 2.44. The Balaban J connectivity index is 0.00000280. The molecule has 1 aliphatic rings. The van der Waals surface area contributed by atoms with E-state index < -0.39 is 0 Å². The van der Waals surface area contributed by atoms with Gasteiger partial charge in [-0.1, -0.05) is 12.1 Å². The quantitative estimate of drug-likeness (QED) is 0.348. The van der Waals surface area contributed by atoms with Gasteiger partial charge in [-0.25, -0.2) is 14.4 Å². The monoisotopic (exact) mass is 497 g/mol. The Kier molecular flexibility index (Phi) is 8.03. The van der Waals surface area contributed by atoms with Gasteiger partial charge in [-0.05, 0) is 55.2 Å². The fourth-order valence-electron chi connectivity index (χ4n) is 3.11. The van der Waals surface area contributed by atoms with Gasteiger partial charge in [0.05, 0.1) is 6.54 Å². The number of hydrogen-bond donors (Lipinski definition) is 2. The highest BCUT2D eigenvalue weighted by atomic mass is 127. The van der Waals surface area contributed by atoms with Crippen LogP contribution in [0.5, 0.6) is 0 Å². The molecule has 1 heterocycles. The van der Waals surface area contributed by atoms with E-state index >= 15 is 0 Å². The molecule has 0 amide bonds. The molecule has 7 heteroatoms. The van der Waals surface area contributed by atoms with E-state index in [4.69, 9.17) is 4.99 Å². The second-order valence-corrected chi connectivity index (χ2v) is 7.26. The summed E-state index contributed by atoms with van der Waals surface area (Å²) in [5, 5.41) is 6.73. The van der Waals surface area contributed by atoms with E-state index in [-0.39, 0.29) is 35.2 Å². The number of aliphatic imine (C=N–C) groups is 1. The van der Waals surface area contributed by atoms with Gasteiger partial charge in [0.15, 0.2) is 5.96 Å².